The number of nitrogens with zero attached hydrogens (tertiary/aromatic N) is 5. The second-order valence-electron chi connectivity index (χ2n) is 13.6. The summed E-state index contributed by atoms with van der Waals surface area (Å²) < 4.78 is 58.8. The van der Waals surface area contributed by atoms with Crippen LogP contribution in [0.4, 0.5) is 19.0 Å². The summed E-state index contributed by atoms with van der Waals surface area (Å²) in [5.74, 6) is 1.38. The number of fused-ring (bicyclic) bond motifs is 3. The molecule has 5 heterocycles. The van der Waals surface area contributed by atoms with E-state index in [0.29, 0.717) is 49.3 Å². The molecule has 48 heavy (non-hydrogen) atoms. The highest BCUT2D eigenvalue weighted by molar-refractivity contribution is 6.04. The predicted octanol–water partition coefficient (Wildman–Crippen LogP) is 5.35. The highest BCUT2D eigenvalue weighted by atomic mass is 19.1. The maximum absolute atomic E-state index is 17.0. The summed E-state index contributed by atoms with van der Waals surface area (Å²) in [5.41, 5.74) is -0.344. The molecule has 2 N–H and O–H groups in total. The fourth-order valence-electron chi connectivity index (χ4n) is 7.71. The molecule has 1 aliphatic carbocycles. The normalized spacial score (nSPS) is 23.3. The maximum atomic E-state index is 17.0. The second-order valence-corrected chi connectivity index (χ2v) is 13.6. The number of phenolic OH excluding ortho intramolecular Hbond substituents is 1. The smallest absolute Gasteiger partial charge is 0.319 e. The molecule has 3 fully saturated rings. The third kappa shape index (κ3) is 5.33. The fraction of sp³-hybridized carbons (Fsp3) is 0.472. The number of rotatable bonds is 7. The number of hydrogen-bond donors (Lipinski definition) is 2. The summed E-state index contributed by atoms with van der Waals surface area (Å²) in [6.45, 7) is 5.99. The van der Waals surface area contributed by atoms with Crippen LogP contribution < -0.4 is 19.7 Å². The van der Waals surface area contributed by atoms with Crippen LogP contribution in [0.2, 0.25) is 0 Å². The Labute approximate surface area is 276 Å². The van der Waals surface area contributed by atoms with E-state index in [1.807, 2.05) is 0 Å². The van der Waals surface area contributed by atoms with Crippen molar-refractivity contribution in [3.8, 4) is 41.2 Å². The zero-order valence-electron chi connectivity index (χ0n) is 26.7. The number of aromatic hydroxyl groups is 1. The molecule has 2 aromatic carbocycles. The average Bonchev–Trinajstić information content (AvgIpc) is 3.87. The van der Waals surface area contributed by atoms with Crippen molar-refractivity contribution in [2.75, 3.05) is 50.8 Å². The van der Waals surface area contributed by atoms with E-state index in [1.54, 1.807) is 0 Å². The van der Waals surface area contributed by atoms with Gasteiger partial charge in [-0.25, -0.2) is 18.2 Å². The summed E-state index contributed by atoms with van der Waals surface area (Å²) >= 11 is 0. The van der Waals surface area contributed by atoms with E-state index in [4.69, 9.17) is 20.9 Å². The first kappa shape index (κ1) is 31.0. The van der Waals surface area contributed by atoms with E-state index in [-0.39, 0.29) is 69.5 Å². The largest absolute Gasteiger partial charge is 0.508 e. The van der Waals surface area contributed by atoms with E-state index in [1.165, 1.54) is 24.3 Å². The van der Waals surface area contributed by atoms with Crippen LogP contribution in [0, 0.1) is 29.4 Å². The topological polar surface area (TPSA) is 95.9 Å². The quantitative estimate of drug-likeness (QED) is 0.255. The lowest BCUT2D eigenvalue weighted by Gasteiger charge is -2.41. The number of aromatic nitrogens is 3. The van der Waals surface area contributed by atoms with E-state index in [2.05, 4.69) is 37.9 Å². The van der Waals surface area contributed by atoms with Crippen molar-refractivity contribution in [3.05, 3.63) is 41.5 Å². The predicted molar refractivity (Wildman–Crippen MR) is 176 cm³/mol. The Morgan fingerprint density at radius 1 is 1.17 bits per heavy atom. The Bertz CT molecular complexity index is 1960. The van der Waals surface area contributed by atoms with E-state index in [0.717, 1.165) is 38.8 Å². The molecule has 250 valence electrons. The van der Waals surface area contributed by atoms with Gasteiger partial charge in [0.25, 0.3) is 0 Å². The van der Waals surface area contributed by atoms with Gasteiger partial charge < -0.3 is 24.8 Å². The molecule has 3 atom stereocenters. The van der Waals surface area contributed by atoms with Gasteiger partial charge in [-0.2, -0.15) is 9.97 Å². The van der Waals surface area contributed by atoms with Crippen LogP contribution in [-0.4, -0.2) is 89.2 Å². The molecule has 9 nitrogen and oxygen atoms in total. The summed E-state index contributed by atoms with van der Waals surface area (Å²) in [7, 11) is 0. The van der Waals surface area contributed by atoms with Gasteiger partial charge in [0.2, 0.25) is 5.88 Å². The van der Waals surface area contributed by atoms with Crippen molar-refractivity contribution in [2.24, 2.45) is 5.41 Å². The molecule has 0 bridgehead atoms. The van der Waals surface area contributed by atoms with Crippen molar-refractivity contribution < 1.29 is 27.8 Å². The molecule has 2 aromatic heterocycles. The van der Waals surface area contributed by atoms with Gasteiger partial charge in [0.05, 0.1) is 18.2 Å². The Morgan fingerprint density at radius 3 is 2.79 bits per heavy atom. The third-order valence-electron chi connectivity index (χ3n) is 10.4. The van der Waals surface area contributed by atoms with Crippen LogP contribution in [-0.2, 0) is 0 Å². The van der Waals surface area contributed by atoms with Crippen LogP contribution in [0.1, 0.15) is 44.6 Å². The maximum Gasteiger partial charge on any atom is 0.319 e. The first-order valence-electron chi connectivity index (χ1n) is 16.7. The van der Waals surface area contributed by atoms with Crippen LogP contribution in [0.5, 0.6) is 17.6 Å². The number of terminal acetylenes is 1. The molecule has 4 aromatic rings. The molecule has 3 aliphatic heterocycles. The van der Waals surface area contributed by atoms with Crippen LogP contribution in [0.25, 0.3) is 32.9 Å². The second kappa shape index (κ2) is 12.0. The fourth-order valence-corrected chi connectivity index (χ4v) is 7.71. The molecule has 12 heteroatoms. The number of ether oxygens (including phenoxy) is 2. The minimum absolute atomic E-state index is 0.0242. The standard InChI is InChI=1S/C36H37F3N6O3/c1-3-23-25(38)8-7-20-14-22(46)15-24(28(20)23)31-30(39)32-29-33(45-13-11-40-26(4-2)27(45)17-47-34(29)41-31)43-35(42-32)48-19-36(9-10-36)18-44-12-5-6-21(37)16-44/h1,7-8,14-15,21,26-27,40,46H,4-6,9-13,16-19H2,2H3/t21-,26-,27+/m0/s1. The third-order valence-corrected chi connectivity index (χ3v) is 10.4. The molecule has 0 amide bonds. The van der Waals surface area contributed by atoms with Gasteiger partial charge >= 0.3 is 6.01 Å². The van der Waals surface area contributed by atoms with Crippen molar-refractivity contribution in [1.82, 2.24) is 25.2 Å². The van der Waals surface area contributed by atoms with Crippen LogP contribution in [0.15, 0.2) is 24.3 Å². The summed E-state index contributed by atoms with van der Waals surface area (Å²) in [6, 6.07) is 5.44. The SMILES string of the molecule is C#Cc1c(F)ccc2cc(O)cc(-c3nc4c5c(nc(OCC6(CN7CCC[C@H](F)C7)CC6)nc5c3F)N3CCN[C@@H](CC)[C@H]3CO4)c12. The molecule has 8 rings (SSSR count). The van der Waals surface area contributed by atoms with Gasteiger partial charge in [-0.1, -0.05) is 18.9 Å². The van der Waals surface area contributed by atoms with Gasteiger partial charge in [0.15, 0.2) is 5.82 Å². The lowest BCUT2D eigenvalue weighted by molar-refractivity contribution is 0.0974. The van der Waals surface area contributed by atoms with Crippen molar-refractivity contribution in [1.29, 1.82) is 0 Å². The number of piperazine rings is 1. The van der Waals surface area contributed by atoms with E-state index in [9.17, 15) is 13.9 Å². The van der Waals surface area contributed by atoms with E-state index >= 15 is 4.39 Å². The number of halogens is 3. The molecule has 0 radical (unpaired) electrons. The highest BCUT2D eigenvalue weighted by Gasteiger charge is 2.46. The van der Waals surface area contributed by atoms with E-state index < -0.39 is 17.8 Å². The lowest BCUT2D eigenvalue weighted by atomic mass is 9.95. The summed E-state index contributed by atoms with van der Waals surface area (Å²) in [5, 5.41) is 15.2. The number of pyridine rings is 1. The Kier molecular flexibility index (Phi) is 7.72. The first-order valence-corrected chi connectivity index (χ1v) is 16.7. The molecule has 0 spiro atoms. The lowest BCUT2D eigenvalue weighted by Crippen LogP contribution is -2.60. The highest BCUT2D eigenvalue weighted by Crippen LogP contribution is 2.48. The Hall–Kier alpha value is -4.34. The van der Waals surface area contributed by atoms with Gasteiger partial charge in [0, 0.05) is 48.6 Å². The van der Waals surface area contributed by atoms with Crippen molar-refractivity contribution in [3.63, 3.8) is 0 Å². The number of phenols is 1. The van der Waals surface area contributed by atoms with Gasteiger partial charge in [-0.3, -0.25) is 4.90 Å². The van der Waals surface area contributed by atoms with Crippen LogP contribution >= 0.6 is 0 Å². The number of piperidine rings is 1. The van der Waals surface area contributed by atoms with Gasteiger partial charge in [0.1, 0.15) is 46.8 Å². The molecular weight excluding hydrogens is 621 g/mol. The molecule has 4 aliphatic rings. The number of likely N-dealkylation sites (tertiary alicyclic amines) is 1. The molecule has 0 unspecified atom stereocenters. The molecule has 2 saturated heterocycles. The van der Waals surface area contributed by atoms with Gasteiger partial charge in [-0.05, 0) is 62.2 Å². The van der Waals surface area contributed by atoms with Gasteiger partial charge in [-0.15, -0.1) is 6.42 Å². The Morgan fingerprint density at radius 2 is 2.02 bits per heavy atom. The number of benzene rings is 2. The first-order chi connectivity index (χ1) is 23.3. The number of alkyl halides is 1. The zero-order valence-corrected chi connectivity index (χ0v) is 26.7. The average molecular weight is 659 g/mol. The van der Waals surface area contributed by atoms with Crippen molar-refractivity contribution in [2.45, 2.75) is 57.3 Å². The molecule has 1 saturated carbocycles. The minimum atomic E-state index is -0.811. The number of anilines is 1. The minimum Gasteiger partial charge on any atom is -0.508 e. The molecular formula is C36H37F3N6O3. The number of hydrogen-bond acceptors (Lipinski definition) is 9. The summed E-state index contributed by atoms with van der Waals surface area (Å²) in [4.78, 5) is 18.4. The zero-order chi connectivity index (χ0) is 33.2. The Balaban J connectivity index is 1.26. The monoisotopic (exact) mass is 658 g/mol. The van der Waals surface area contributed by atoms with Crippen LogP contribution in [0.3, 0.4) is 0 Å². The summed E-state index contributed by atoms with van der Waals surface area (Å²) in [6.07, 6.45) is 9.07. The van der Waals surface area contributed by atoms with Crippen molar-refractivity contribution >= 4 is 27.5 Å². The number of nitrogens with one attached hydrogen (secondary N) is 1.